The number of benzene rings is 1. The smallest absolute Gasteiger partial charge is 0.0718 e. The first-order chi connectivity index (χ1) is 6.61. The van der Waals surface area contributed by atoms with Gasteiger partial charge >= 0.3 is 0 Å². The zero-order chi connectivity index (χ0) is 10.3. The van der Waals surface area contributed by atoms with Crippen LogP contribution in [-0.4, -0.2) is 24.3 Å². The van der Waals surface area contributed by atoms with Crippen LogP contribution in [0.5, 0.6) is 0 Å². The molecule has 2 unspecified atom stereocenters. The summed E-state index contributed by atoms with van der Waals surface area (Å²) in [6.45, 7) is 1.82. The van der Waals surface area contributed by atoms with Crippen molar-refractivity contribution < 1.29 is 5.11 Å². The molecule has 1 heterocycles. The summed E-state index contributed by atoms with van der Waals surface area (Å²) in [5.74, 6) is 0. The van der Waals surface area contributed by atoms with Crippen molar-refractivity contribution in [1.82, 2.24) is 0 Å². The second-order valence-corrected chi connectivity index (χ2v) is 4.27. The first-order valence-electron chi connectivity index (χ1n) is 4.79. The molecule has 1 aromatic carbocycles. The molecule has 0 radical (unpaired) electrons. The van der Waals surface area contributed by atoms with E-state index in [0.717, 1.165) is 22.7 Å². The Kier molecular flexibility index (Phi) is 2.41. The number of likely N-dealkylation sites (N-methyl/N-ethyl adjacent to an activating group) is 1. The van der Waals surface area contributed by atoms with Crippen molar-refractivity contribution in [3.8, 4) is 0 Å². The van der Waals surface area contributed by atoms with Crippen molar-refractivity contribution in [2.24, 2.45) is 0 Å². The van der Waals surface area contributed by atoms with E-state index < -0.39 is 0 Å². The van der Waals surface area contributed by atoms with Crippen LogP contribution >= 0.6 is 11.6 Å². The Morgan fingerprint density at radius 1 is 1.57 bits per heavy atom. The van der Waals surface area contributed by atoms with Gasteiger partial charge in [0.15, 0.2) is 0 Å². The van der Waals surface area contributed by atoms with Gasteiger partial charge in [-0.05, 0) is 31.0 Å². The van der Waals surface area contributed by atoms with E-state index in [1.54, 1.807) is 0 Å². The zero-order valence-corrected chi connectivity index (χ0v) is 9.12. The largest absolute Gasteiger partial charge is 0.391 e. The molecule has 2 atom stereocenters. The molecule has 3 heteroatoms. The third-order valence-corrected chi connectivity index (χ3v) is 3.30. The van der Waals surface area contributed by atoms with Crippen LogP contribution in [0.4, 0.5) is 5.69 Å². The molecule has 14 heavy (non-hydrogen) atoms. The second kappa shape index (κ2) is 3.44. The standard InChI is InChI=1S/C11H14ClNO/c1-7(14)11-6-8-9(12)4-3-5-10(8)13(11)2/h3-5,7,11,14H,6H2,1-2H3. The molecule has 1 aliphatic heterocycles. The van der Waals surface area contributed by atoms with Crippen LogP contribution in [0.15, 0.2) is 18.2 Å². The Morgan fingerprint density at radius 2 is 2.29 bits per heavy atom. The summed E-state index contributed by atoms with van der Waals surface area (Å²) in [5.41, 5.74) is 2.30. The number of hydrogen-bond acceptors (Lipinski definition) is 2. The minimum atomic E-state index is -0.330. The fourth-order valence-corrected chi connectivity index (χ4v) is 2.35. The minimum absolute atomic E-state index is 0.157. The van der Waals surface area contributed by atoms with Crippen molar-refractivity contribution >= 4 is 17.3 Å². The van der Waals surface area contributed by atoms with Gasteiger partial charge in [0.25, 0.3) is 0 Å². The van der Waals surface area contributed by atoms with Gasteiger partial charge in [-0.25, -0.2) is 0 Å². The Labute approximate surface area is 89.1 Å². The lowest BCUT2D eigenvalue weighted by Gasteiger charge is -2.24. The summed E-state index contributed by atoms with van der Waals surface area (Å²) < 4.78 is 0. The fourth-order valence-electron chi connectivity index (χ4n) is 2.10. The molecular weight excluding hydrogens is 198 g/mol. The van der Waals surface area contributed by atoms with Crippen molar-refractivity contribution in [1.29, 1.82) is 0 Å². The van der Waals surface area contributed by atoms with E-state index in [0.29, 0.717) is 0 Å². The highest BCUT2D eigenvalue weighted by atomic mass is 35.5. The predicted molar refractivity (Wildman–Crippen MR) is 59.0 cm³/mol. The average molecular weight is 212 g/mol. The lowest BCUT2D eigenvalue weighted by atomic mass is 10.1. The van der Waals surface area contributed by atoms with E-state index in [2.05, 4.69) is 4.90 Å². The van der Waals surface area contributed by atoms with E-state index >= 15 is 0 Å². The van der Waals surface area contributed by atoms with Gasteiger partial charge in [0, 0.05) is 17.8 Å². The van der Waals surface area contributed by atoms with E-state index in [1.165, 1.54) is 0 Å². The first-order valence-corrected chi connectivity index (χ1v) is 5.17. The minimum Gasteiger partial charge on any atom is -0.391 e. The molecule has 0 spiro atoms. The summed E-state index contributed by atoms with van der Waals surface area (Å²) in [6.07, 6.45) is 0.506. The predicted octanol–water partition coefficient (Wildman–Crippen LogP) is 2.08. The number of anilines is 1. The summed E-state index contributed by atoms with van der Waals surface area (Å²) in [7, 11) is 2.00. The van der Waals surface area contributed by atoms with Crippen LogP contribution in [0.2, 0.25) is 5.02 Å². The summed E-state index contributed by atoms with van der Waals surface area (Å²) >= 11 is 6.10. The molecular formula is C11H14ClNO. The van der Waals surface area contributed by atoms with Crippen LogP contribution < -0.4 is 4.90 Å². The summed E-state index contributed by atoms with van der Waals surface area (Å²) in [6, 6.07) is 6.05. The van der Waals surface area contributed by atoms with Crippen molar-refractivity contribution in [3.05, 3.63) is 28.8 Å². The third kappa shape index (κ3) is 1.39. The molecule has 2 nitrogen and oxygen atoms in total. The number of aliphatic hydroxyl groups excluding tert-OH is 1. The van der Waals surface area contributed by atoms with Gasteiger partial charge in [-0.3, -0.25) is 0 Å². The van der Waals surface area contributed by atoms with Crippen LogP contribution in [0.1, 0.15) is 12.5 Å². The van der Waals surface area contributed by atoms with Crippen molar-refractivity contribution in [3.63, 3.8) is 0 Å². The third-order valence-electron chi connectivity index (χ3n) is 2.94. The lowest BCUT2D eigenvalue weighted by Crippen LogP contribution is -2.37. The SMILES string of the molecule is CC(O)C1Cc2c(Cl)cccc2N1C. The Balaban J connectivity index is 2.40. The number of rotatable bonds is 1. The molecule has 2 rings (SSSR count). The van der Waals surface area contributed by atoms with Crippen LogP contribution in [0, 0.1) is 0 Å². The van der Waals surface area contributed by atoms with Crippen molar-refractivity contribution in [2.75, 3.05) is 11.9 Å². The molecule has 0 amide bonds. The monoisotopic (exact) mass is 211 g/mol. The van der Waals surface area contributed by atoms with E-state index in [-0.39, 0.29) is 12.1 Å². The van der Waals surface area contributed by atoms with E-state index in [4.69, 9.17) is 11.6 Å². The van der Waals surface area contributed by atoms with Gasteiger partial charge in [0.1, 0.15) is 0 Å². The van der Waals surface area contributed by atoms with E-state index in [1.807, 2.05) is 32.2 Å². The molecule has 0 aliphatic carbocycles. The quantitative estimate of drug-likeness (QED) is 0.769. The summed E-state index contributed by atoms with van der Waals surface area (Å²) in [5, 5.41) is 10.4. The first kappa shape index (κ1) is 9.81. The zero-order valence-electron chi connectivity index (χ0n) is 8.37. The molecule has 1 aromatic rings. The topological polar surface area (TPSA) is 23.5 Å². The van der Waals surface area contributed by atoms with E-state index in [9.17, 15) is 5.11 Å². The molecule has 0 saturated carbocycles. The molecule has 0 saturated heterocycles. The Morgan fingerprint density at radius 3 is 2.86 bits per heavy atom. The van der Waals surface area contributed by atoms with Gasteiger partial charge in [0.2, 0.25) is 0 Å². The second-order valence-electron chi connectivity index (χ2n) is 3.86. The van der Waals surface area contributed by atoms with Gasteiger partial charge in [-0.15, -0.1) is 0 Å². The fraction of sp³-hybridized carbons (Fsp3) is 0.455. The molecule has 0 aromatic heterocycles. The number of nitrogens with zero attached hydrogens (tertiary/aromatic N) is 1. The van der Waals surface area contributed by atoms with Crippen molar-refractivity contribution in [2.45, 2.75) is 25.5 Å². The maximum Gasteiger partial charge on any atom is 0.0718 e. The Hall–Kier alpha value is -0.730. The highest BCUT2D eigenvalue weighted by Gasteiger charge is 2.30. The normalized spacial score (nSPS) is 22.3. The highest BCUT2D eigenvalue weighted by Crippen LogP contribution is 2.36. The lowest BCUT2D eigenvalue weighted by molar-refractivity contribution is 0.164. The maximum atomic E-state index is 9.60. The highest BCUT2D eigenvalue weighted by molar-refractivity contribution is 6.31. The molecule has 76 valence electrons. The van der Waals surface area contributed by atoms with Gasteiger partial charge in [-0.2, -0.15) is 0 Å². The number of hydrogen-bond donors (Lipinski definition) is 1. The Bertz CT molecular complexity index is 351. The summed E-state index contributed by atoms with van der Waals surface area (Å²) in [4.78, 5) is 2.10. The molecule has 0 bridgehead atoms. The van der Waals surface area contributed by atoms with Crippen LogP contribution in [-0.2, 0) is 6.42 Å². The molecule has 1 N–H and O–H groups in total. The van der Waals surface area contributed by atoms with Gasteiger partial charge in [-0.1, -0.05) is 17.7 Å². The average Bonchev–Trinajstić information content (AvgIpc) is 2.46. The van der Waals surface area contributed by atoms with Gasteiger partial charge < -0.3 is 10.0 Å². The molecule has 0 fully saturated rings. The molecule has 1 aliphatic rings. The number of fused-ring (bicyclic) bond motifs is 1. The number of aliphatic hydroxyl groups is 1. The van der Waals surface area contributed by atoms with Gasteiger partial charge in [0.05, 0.1) is 12.1 Å². The maximum absolute atomic E-state index is 9.60. The van der Waals surface area contributed by atoms with Crippen LogP contribution in [0.3, 0.4) is 0 Å². The number of halogens is 1. The van der Waals surface area contributed by atoms with Crippen LogP contribution in [0.25, 0.3) is 0 Å².